The van der Waals surface area contributed by atoms with Gasteiger partial charge in [-0.3, -0.25) is 4.79 Å². The summed E-state index contributed by atoms with van der Waals surface area (Å²) in [5.41, 5.74) is 3.52. The molecule has 0 aliphatic rings. The van der Waals surface area contributed by atoms with E-state index >= 15 is 0 Å². The molecule has 3 aromatic carbocycles. The molecule has 0 fully saturated rings. The molecule has 4 aromatic rings. The van der Waals surface area contributed by atoms with Gasteiger partial charge in [0, 0.05) is 10.1 Å². The van der Waals surface area contributed by atoms with E-state index in [0.29, 0.717) is 39.1 Å². The highest BCUT2D eigenvalue weighted by Gasteiger charge is 2.17. The highest BCUT2D eigenvalue weighted by Crippen LogP contribution is 2.35. The molecule has 0 bridgehead atoms. The molecule has 0 atom stereocenters. The minimum Gasteiger partial charge on any atom is -0.494 e. The van der Waals surface area contributed by atoms with Gasteiger partial charge in [-0.25, -0.2) is 10.2 Å². The largest absolute Gasteiger partial charge is 0.494 e. The summed E-state index contributed by atoms with van der Waals surface area (Å²) in [5, 5.41) is 5.26. The Balaban J connectivity index is 1.38. The maximum absolute atomic E-state index is 12.6. The molecule has 0 aliphatic heterocycles. The number of unbranched alkanes of at least 4 members (excludes halogenated alkanes) is 1. The number of esters is 1. The number of halogens is 1. The van der Waals surface area contributed by atoms with Crippen molar-refractivity contribution in [2.45, 2.75) is 19.8 Å². The average Bonchev–Trinajstić information content (AvgIpc) is 3.26. The van der Waals surface area contributed by atoms with Gasteiger partial charge in [-0.15, -0.1) is 11.3 Å². The summed E-state index contributed by atoms with van der Waals surface area (Å²) in [7, 11) is 1.47. The van der Waals surface area contributed by atoms with Crippen LogP contribution >= 0.6 is 22.9 Å². The first-order valence-electron chi connectivity index (χ1n) is 11.6. The maximum Gasteiger partial charge on any atom is 0.343 e. The predicted molar refractivity (Wildman–Crippen MR) is 147 cm³/mol. The van der Waals surface area contributed by atoms with Crippen LogP contribution in [0.2, 0.25) is 5.02 Å². The molecule has 0 radical (unpaired) electrons. The van der Waals surface area contributed by atoms with E-state index in [9.17, 15) is 9.59 Å². The molecular formula is C28H25ClN2O5S. The third-order valence-corrected chi connectivity index (χ3v) is 7.04. The van der Waals surface area contributed by atoms with Crippen LogP contribution in [0.4, 0.5) is 0 Å². The molecule has 0 saturated carbocycles. The van der Waals surface area contributed by atoms with Crippen LogP contribution in [0.25, 0.3) is 10.1 Å². The molecule has 0 unspecified atom stereocenters. The first-order chi connectivity index (χ1) is 18.0. The second-order valence-electron chi connectivity index (χ2n) is 7.97. The zero-order chi connectivity index (χ0) is 26.2. The molecule has 1 N–H and O–H groups in total. The van der Waals surface area contributed by atoms with Crippen LogP contribution in [-0.2, 0) is 0 Å². The van der Waals surface area contributed by atoms with Crippen LogP contribution in [0.1, 0.15) is 45.4 Å². The zero-order valence-corrected chi connectivity index (χ0v) is 21.9. The molecule has 0 aliphatic carbocycles. The fourth-order valence-electron chi connectivity index (χ4n) is 3.41. The lowest BCUT2D eigenvalue weighted by Crippen LogP contribution is -2.16. The number of hydrogen-bond acceptors (Lipinski definition) is 7. The van der Waals surface area contributed by atoms with Gasteiger partial charge in [-0.1, -0.05) is 43.1 Å². The quantitative estimate of drug-likeness (QED) is 0.0798. The number of nitrogens with zero attached hydrogens (tertiary/aromatic N) is 1. The third kappa shape index (κ3) is 6.47. The van der Waals surface area contributed by atoms with E-state index in [1.54, 1.807) is 42.5 Å². The summed E-state index contributed by atoms with van der Waals surface area (Å²) in [5.74, 6) is 0.381. The van der Waals surface area contributed by atoms with Crippen molar-refractivity contribution in [3.8, 4) is 17.2 Å². The monoisotopic (exact) mass is 536 g/mol. The van der Waals surface area contributed by atoms with E-state index in [4.69, 9.17) is 25.8 Å². The summed E-state index contributed by atoms with van der Waals surface area (Å²) in [6, 6.07) is 19.3. The van der Waals surface area contributed by atoms with E-state index in [2.05, 4.69) is 17.5 Å². The molecule has 1 heterocycles. The molecule has 9 heteroatoms. The number of thiophene rings is 1. The maximum atomic E-state index is 12.6. The zero-order valence-electron chi connectivity index (χ0n) is 20.3. The van der Waals surface area contributed by atoms with Gasteiger partial charge in [0.1, 0.15) is 10.6 Å². The first kappa shape index (κ1) is 26.2. The van der Waals surface area contributed by atoms with E-state index in [1.165, 1.54) is 24.7 Å². The Morgan fingerprint density at radius 2 is 1.84 bits per heavy atom. The van der Waals surface area contributed by atoms with E-state index in [-0.39, 0.29) is 5.75 Å². The summed E-state index contributed by atoms with van der Waals surface area (Å²) in [6.07, 6.45) is 3.48. The second-order valence-corrected chi connectivity index (χ2v) is 9.40. The molecule has 0 saturated heterocycles. The molecular weight excluding hydrogens is 512 g/mol. The first-order valence-corrected chi connectivity index (χ1v) is 12.8. The second kappa shape index (κ2) is 12.4. The van der Waals surface area contributed by atoms with Crippen LogP contribution in [-0.4, -0.2) is 31.8 Å². The molecule has 7 nitrogen and oxygen atoms in total. The minimum atomic E-state index is -0.521. The van der Waals surface area contributed by atoms with Crippen molar-refractivity contribution >= 4 is 51.1 Å². The Morgan fingerprint density at radius 3 is 2.57 bits per heavy atom. The molecule has 1 aromatic heterocycles. The van der Waals surface area contributed by atoms with Crippen LogP contribution < -0.4 is 19.6 Å². The van der Waals surface area contributed by atoms with Gasteiger partial charge in [0.25, 0.3) is 5.91 Å². The normalized spacial score (nSPS) is 11.0. The molecule has 190 valence electrons. The number of amides is 1. The number of nitrogens with one attached hydrogen (secondary N) is 1. The minimum absolute atomic E-state index is 0.258. The topological polar surface area (TPSA) is 86.2 Å². The fourth-order valence-corrected chi connectivity index (χ4v) is 4.81. The average molecular weight is 537 g/mol. The number of ether oxygens (including phenoxy) is 3. The van der Waals surface area contributed by atoms with Gasteiger partial charge < -0.3 is 14.2 Å². The van der Waals surface area contributed by atoms with Crippen LogP contribution in [0, 0.1) is 0 Å². The van der Waals surface area contributed by atoms with E-state index < -0.39 is 11.9 Å². The van der Waals surface area contributed by atoms with Crippen molar-refractivity contribution in [3.63, 3.8) is 0 Å². The van der Waals surface area contributed by atoms with Crippen molar-refractivity contribution in [1.82, 2.24) is 5.43 Å². The molecule has 37 heavy (non-hydrogen) atoms. The highest BCUT2D eigenvalue weighted by molar-refractivity contribution is 7.21. The van der Waals surface area contributed by atoms with Crippen molar-refractivity contribution in [3.05, 3.63) is 87.8 Å². The Morgan fingerprint density at radius 1 is 1.05 bits per heavy atom. The summed E-state index contributed by atoms with van der Waals surface area (Å²) >= 11 is 7.66. The van der Waals surface area contributed by atoms with Gasteiger partial charge in [-0.2, -0.15) is 5.10 Å². The number of carbonyl (C=O) groups is 2. The van der Waals surface area contributed by atoms with Gasteiger partial charge >= 0.3 is 5.97 Å². The standard InChI is InChI=1S/C28H25ClN2O5S/c1-3-4-15-35-20-12-10-19(11-13-20)28(33)36-22-14-9-18(16-23(22)34-2)17-30-31-27(32)26-25(29)21-7-5-6-8-24(21)37-26/h5-14,16-17H,3-4,15H2,1-2H3,(H,31,32)/b30-17-. The number of methoxy groups -OCH3 is 1. The lowest BCUT2D eigenvalue weighted by Gasteiger charge is -2.10. The molecule has 4 rings (SSSR count). The number of fused-ring (bicyclic) bond motifs is 1. The van der Waals surface area contributed by atoms with Crippen molar-refractivity contribution in [2.24, 2.45) is 5.10 Å². The Labute approximate surface area is 223 Å². The number of benzene rings is 3. The van der Waals surface area contributed by atoms with Crippen LogP contribution in [0.5, 0.6) is 17.2 Å². The van der Waals surface area contributed by atoms with Gasteiger partial charge in [0.05, 0.1) is 30.5 Å². The third-order valence-electron chi connectivity index (χ3n) is 5.37. The van der Waals surface area contributed by atoms with Crippen molar-refractivity contribution in [1.29, 1.82) is 0 Å². The van der Waals surface area contributed by atoms with E-state index in [0.717, 1.165) is 22.9 Å². The number of carbonyl (C=O) groups excluding carboxylic acids is 2. The smallest absolute Gasteiger partial charge is 0.343 e. The molecule has 0 spiro atoms. The summed E-state index contributed by atoms with van der Waals surface area (Å²) in [4.78, 5) is 25.6. The highest BCUT2D eigenvalue weighted by atomic mass is 35.5. The lowest BCUT2D eigenvalue weighted by molar-refractivity contribution is 0.0729. The van der Waals surface area contributed by atoms with Crippen molar-refractivity contribution in [2.75, 3.05) is 13.7 Å². The predicted octanol–water partition coefficient (Wildman–Crippen LogP) is 6.73. The Hall–Kier alpha value is -3.88. The number of rotatable bonds is 10. The van der Waals surface area contributed by atoms with Gasteiger partial charge in [0.2, 0.25) is 0 Å². The SMILES string of the molecule is CCCCOc1ccc(C(=O)Oc2ccc(/C=N\NC(=O)c3sc4ccccc4c3Cl)cc2OC)cc1. The number of hydrogen-bond donors (Lipinski definition) is 1. The van der Waals surface area contributed by atoms with Gasteiger partial charge in [0.15, 0.2) is 11.5 Å². The fraction of sp³-hybridized carbons (Fsp3) is 0.179. The lowest BCUT2D eigenvalue weighted by atomic mass is 10.2. The Kier molecular flexibility index (Phi) is 8.77. The van der Waals surface area contributed by atoms with Gasteiger partial charge in [-0.05, 0) is 60.5 Å². The Bertz CT molecular complexity index is 1430. The summed E-state index contributed by atoms with van der Waals surface area (Å²) < 4.78 is 17.5. The summed E-state index contributed by atoms with van der Waals surface area (Å²) in [6.45, 7) is 2.73. The van der Waals surface area contributed by atoms with Crippen LogP contribution in [0.3, 0.4) is 0 Å². The van der Waals surface area contributed by atoms with Crippen LogP contribution in [0.15, 0.2) is 71.8 Å². The van der Waals surface area contributed by atoms with E-state index in [1.807, 2.05) is 24.3 Å². The molecule has 1 amide bonds. The number of hydrazone groups is 1. The van der Waals surface area contributed by atoms with Crippen molar-refractivity contribution < 1.29 is 23.8 Å².